The molecular weight excluding hydrogens is 196 g/mol. The van der Waals surface area contributed by atoms with Crippen LogP contribution in [0.2, 0.25) is 0 Å². The van der Waals surface area contributed by atoms with Gasteiger partial charge in [0.05, 0.1) is 7.11 Å². The minimum absolute atomic E-state index is 0.178. The van der Waals surface area contributed by atoms with E-state index in [0.717, 1.165) is 18.9 Å². The molecule has 2 aliphatic rings. The first-order chi connectivity index (χ1) is 7.07. The van der Waals surface area contributed by atoms with E-state index >= 15 is 0 Å². The maximum atomic E-state index is 11.6. The molecule has 1 heterocycles. The highest BCUT2D eigenvalue weighted by Crippen LogP contribution is 2.46. The van der Waals surface area contributed by atoms with Gasteiger partial charge in [0.2, 0.25) is 5.60 Å². The topological polar surface area (TPSA) is 52.6 Å². The van der Waals surface area contributed by atoms with Crippen LogP contribution in [0.5, 0.6) is 0 Å². The standard InChI is InChI=1S/C11H15O4/c1-11(10(13)14-2)6-7-8(12)4-3-5-9(7)15-11/h7H,3-6H2,1-2H3/q+1. The van der Waals surface area contributed by atoms with Crippen LogP contribution in [0.25, 0.3) is 0 Å². The van der Waals surface area contributed by atoms with Gasteiger partial charge in [0.25, 0.3) is 6.10 Å². The minimum Gasteiger partial charge on any atom is -0.467 e. The van der Waals surface area contributed by atoms with Crippen molar-refractivity contribution in [2.45, 2.75) is 38.2 Å². The Bertz CT molecular complexity index is 299. The molecule has 1 saturated carbocycles. The Hall–Kier alpha value is -1.03. The molecule has 0 spiro atoms. The molecule has 4 nitrogen and oxygen atoms in total. The van der Waals surface area contributed by atoms with E-state index in [1.165, 1.54) is 7.11 Å². The van der Waals surface area contributed by atoms with Crippen LogP contribution in [0.3, 0.4) is 0 Å². The van der Waals surface area contributed by atoms with Crippen molar-refractivity contribution in [2.24, 2.45) is 5.92 Å². The Morgan fingerprint density at radius 1 is 1.67 bits per heavy atom. The molecule has 2 unspecified atom stereocenters. The van der Waals surface area contributed by atoms with Gasteiger partial charge >= 0.3 is 5.97 Å². The third kappa shape index (κ3) is 1.63. The Labute approximate surface area is 88.9 Å². The number of Topliss-reactive ketones (excluding diaryl/α,β-unsaturated/α-hetero) is 1. The second kappa shape index (κ2) is 3.52. The molecule has 0 N–H and O–H groups in total. The van der Waals surface area contributed by atoms with E-state index in [9.17, 15) is 9.59 Å². The first-order valence-corrected chi connectivity index (χ1v) is 5.23. The van der Waals surface area contributed by atoms with Gasteiger partial charge in [-0.05, 0) is 13.3 Å². The molecule has 0 aromatic carbocycles. The van der Waals surface area contributed by atoms with E-state index in [4.69, 9.17) is 4.74 Å². The van der Waals surface area contributed by atoms with Crippen LogP contribution < -0.4 is 0 Å². The molecule has 15 heavy (non-hydrogen) atoms. The average molecular weight is 211 g/mol. The SMILES string of the molecule is COC(=O)C1(C)CC2C(=O)CCC[C+]2O1. The van der Waals surface area contributed by atoms with E-state index in [1.807, 2.05) is 0 Å². The minimum atomic E-state index is -0.950. The van der Waals surface area contributed by atoms with Crippen LogP contribution in [-0.4, -0.2) is 24.5 Å². The predicted molar refractivity (Wildman–Crippen MR) is 51.7 cm³/mol. The number of carbonyl (C=O) groups excluding carboxylic acids is 2. The van der Waals surface area contributed by atoms with Gasteiger partial charge in [-0.3, -0.25) is 4.79 Å². The van der Waals surface area contributed by atoms with E-state index in [1.54, 1.807) is 6.92 Å². The Balaban J connectivity index is 2.15. The first-order valence-electron chi connectivity index (χ1n) is 5.23. The van der Waals surface area contributed by atoms with Gasteiger partial charge in [-0.2, -0.15) is 4.74 Å². The number of carbonyl (C=O) groups is 2. The number of esters is 1. The zero-order chi connectivity index (χ0) is 11.1. The van der Waals surface area contributed by atoms with Crippen molar-refractivity contribution >= 4 is 11.8 Å². The number of ketones is 1. The maximum Gasteiger partial charge on any atom is 0.343 e. The van der Waals surface area contributed by atoms with Crippen molar-refractivity contribution in [3.05, 3.63) is 6.10 Å². The summed E-state index contributed by atoms with van der Waals surface area (Å²) in [6.45, 7) is 1.69. The molecule has 1 aliphatic heterocycles. The van der Waals surface area contributed by atoms with Gasteiger partial charge in [0, 0.05) is 12.8 Å². The monoisotopic (exact) mass is 211 g/mol. The van der Waals surface area contributed by atoms with Crippen LogP contribution in [-0.2, 0) is 19.1 Å². The summed E-state index contributed by atoms with van der Waals surface area (Å²) < 4.78 is 10.3. The van der Waals surface area contributed by atoms with E-state index < -0.39 is 11.6 Å². The second-order valence-electron chi connectivity index (χ2n) is 4.37. The summed E-state index contributed by atoms with van der Waals surface area (Å²) in [4.78, 5) is 23.1. The largest absolute Gasteiger partial charge is 0.467 e. The molecular formula is C11H15O4+. The third-order valence-corrected chi connectivity index (χ3v) is 3.19. The van der Waals surface area contributed by atoms with Gasteiger partial charge in [-0.1, -0.05) is 0 Å². The molecule has 4 heteroatoms. The lowest BCUT2D eigenvalue weighted by Crippen LogP contribution is -2.35. The molecule has 0 radical (unpaired) electrons. The van der Waals surface area contributed by atoms with Gasteiger partial charge in [0.15, 0.2) is 11.7 Å². The number of ether oxygens (including phenoxy) is 2. The fourth-order valence-electron chi connectivity index (χ4n) is 2.38. The highest BCUT2D eigenvalue weighted by atomic mass is 16.6. The molecule has 0 bridgehead atoms. The van der Waals surface area contributed by atoms with Crippen molar-refractivity contribution in [1.82, 2.24) is 0 Å². The van der Waals surface area contributed by atoms with E-state index in [-0.39, 0.29) is 11.7 Å². The molecule has 0 aromatic rings. The first kappa shape index (κ1) is 10.5. The Kier molecular flexibility index (Phi) is 2.46. The number of hydrogen-bond donors (Lipinski definition) is 0. The van der Waals surface area contributed by atoms with Crippen LogP contribution in [0, 0.1) is 12.0 Å². The zero-order valence-electron chi connectivity index (χ0n) is 9.04. The lowest BCUT2D eigenvalue weighted by molar-refractivity contribution is -0.161. The number of methoxy groups -OCH3 is 1. The molecule has 0 aromatic heterocycles. The van der Waals surface area contributed by atoms with Crippen LogP contribution in [0.1, 0.15) is 32.6 Å². The summed E-state index contributed by atoms with van der Waals surface area (Å²) in [7, 11) is 1.34. The number of hydrogen-bond acceptors (Lipinski definition) is 4. The summed E-state index contributed by atoms with van der Waals surface area (Å²) >= 11 is 0. The summed E-state index contributed by atoms with van der Waals surface area (Å²) in [6.07, 6.45) is 3.45. The van der Waals surface area contributed by atoms with Crippen molar-refractivity contribution < 1.29 is 19.1 Å². The van der Waals surface area contributed by atoms with Gasteiger partial charge < -0.3 is 4.74 Å². The highest BCUT2D eigenvalue weighted by Gasteiger charge is 2.61. The lowest BCUT2D eigenvalue weighted by Gasteiger charge is -2.14. The normalized spacial score (nSPS) is 35.2. The summed E-state index contributed by atoms with van der Waals surface area (Å²) in [5, 5.41) is 0. The summed E-state index contributed by atoms with van der Waals surface area (Å²) in [5.74, 6) is -0.371. The van der Waals surface area contributed by atoms with Crippen LogP contribution >= 0.6 is 0 Å². The molecule has 2 atom stereocenters. The zero-order valence-corrected chi connectivity index (χ0v) is 9.04. The van der Waals surface area contributed by atoms with Crippen molar-refractivity contribution in [2.75, 3.05) is 7.11 Å². The fraction of sp³-hybridized carbons (Fsp3) is 0.727. The smallest absolute Gasteiger partial charge is 0.343 e. The Morgan fingerprint density at radius 2 is 2.40 bits per heavy atom. The summed E-state index contributed by atoms with van der Waals surface area (Å²) in [5.41, 5.74) is -0.950. The number of fused-ring (bicyclic) bond motifs is 1. The van der Waals surface area contributed by atoms with Gasteiger partial charge in [0.1, 0.15) is 6.42 Å². The summed E-state index contributed by atoms with van der Waals surface area (Å²) in [6, 6.07) is 0. The van der Waals surface area contributed by atoms with Crippen LogP contribution in [0.15, 0.2) is 0 Å². The fourth-order valence-corrected chi connectivity index (χ4v) is 2.38. The quantitative estimate of drug-likeness (QED) is 0.483. The molecule has 0 amide bonds. The Morgan fingerprint density at radius 3 is 3.00 bits per heavy atom. The van der Waals surface area contributed by atoms with Crippen molar-refractivity contribution in [3.8, 4) is 0 Å². The molecule has 2 fully saturated rings. The highest BCUT2D eigenvalue weighted by molar-refractivity contribution is 5.87. The third-order valence-electron chi connectivity index (χ3n) is 3.19. The molecule has 1 saturated heterocycles. The maximum absolute atomic E-state index is 11.6. The predicted octanol–water partition coefficient (Wildman–Crippen LogP) is 1.24. The van der Waals surface area contributed by atoms with Crippen molar-refractivity contribution in [3.63, 3.8) is 0 Å². The van der Waals surface area contributed by atoms with Crippen LogP contribution in [0.4, 0.5) is 0 Å². The second-order valence-corrected chi connectivity index (χ2v) is 4.37. The molecule has 1 aliphatic carbocycles. The van der Waals surface area contributed by atoms with Crippen molar-refractivity contribution in [1.29, 1.82) is 0 Å². The lowest BCUT2D eigenvalue weighted by atomic mass is 9.82. The molecule has 82 valence electrons. The van der Waals surface area contributed by atoms with E-state index in [2.05, 4.69) is 4.74 Å². The van der Waals surface area contributed by atoms with E-state index in [0.29, 0.717) is 12.8 Å². The van der Waals surface area contributed by atoms with Gasteiger partial charge in [-0.25, -0.2) is 4.79 Å². The number of rotatable bonds is 1. The van der Waals surface area contributed by atoms with Gasteiger partial charge in [-0.15, -0.1) is 0 Å². The molecule has 2 rings (SSSR count). The average Bonchev–Trinajstić information content (AvgIpc) is 2.57.